The minimum Gasteiger partial charge on any atom is -0.493 e. The normalized spacial score (nSPS) is 13.5. The van der Waals surface area contributed by atoms with Crippen molar-refractivity contribution >= 4 is 32.0 Å². The Morgan fingerprint density at radius 1 is 1.07 bits per heavy atom. The fourth-order valence-electron chi connectivity index (χ4n) is 5.32. The number of nitrogens with two attached hydrogens (primary N) is 1. The van der Waals surface area contributed by atoms with Gasteiger partial charge in [0.2, 0.25) is 0 Å². The highest BCUT2D eigenvalue weighted by molar-refractivity contribution is 7.89. The summed E-state index contributed by atoms with van der Waals surface area (Å²) in [6, 6.07) is 18.3. The molecular formula is C33H34N6O4S. The van der Waals surface area contributed by atoms with Crippen molar-refractivity contribution in [1.82, 2.24) is 23.8 Å². The molecule has 44 heavy (non-hydrogen) atoms. The third-order valence-electron chi connectivity index (χ3n) is 7.55. The third kappa shape index (κ3) is 5.76. The number of ether oxygens (including phenoxy) is 1. The highest BCUT2D eigenvalue weighted by atomic mass is 32.2. The van der Waals surface area contributed by atoms with Gasteiger partial charge in [0.05, 0.1) is 51.9 Å². The van der Waals surface area contributed by atoms with Crippen molar-refractivity contribution in [2.75, 3.05) is 19.7 Å². The van der Waals surface area contributed by atoms with Gasteiger partial charge in [-0.15, -0.1) is 0 Å². The van der Waals surface area contributed by atoms with E-state index in [1.807, 2.05) is 47.9 Å². The molecule has 11 heteroatoms. The van der Waals surface area contributed by atoms with Gasteiger partial charge in [0.25, 0.3) is 15.6 Å². The number of fused-ring (bicyclic) bond motifs is 2. The van der Waals surface area contributed by atoms with Crippen molar-refractivity contribution in [3.63, 3.8) is 0 Å². The number of H-pyrrole nitrogens is 1. The molecule has 1 aliphatic rings. The van der Waals surface area contributed by atoms with Gasteiger partial charge in [0.1, 0.15) is 11.6 Å². The quantitative estimate of drug-likeness (QED) is 0.216. The van der Waals surface area contributed by atoms with Crippen LogP contribution < -0.4 is 16.0 Å². The van der Waals surface area contributed by atoms with Crippen molar-refractivity contribution < 1.29 is 13.2 Å². The van der Waals surface area contributed by atoms with E-state index < -0.39 is 10.0 Å². The summed E-state index contributed by atoms with van der Waals surface area (Å²) >= 11 is 0. The lowest BCUT2D eigenvalue weighted by molar-refractivity contribution is 0.318. The maximum absolute atomic E-state index is 13.9. The summed E-state index contributed by atoms with van der Waals surface area (Å²) in [5.41, 5.74) is 9.50. The van der Waals surface area contributed by atoms with E-state index in [0.29, 0.717) is 66.0 Å². The number of sulfonamides is 1. The predicted octanol–water partition coefficient (Wildman–Crippen LogP) is 4.96. The Hall–Kier alpha value is -4.74. The third-order valence-corrected chi connectivity index (χ3v) is 9.37. The first kappa shape index (κ1) is 29.3. The number of imidazole rings is 1. The molecule has 6 rings (SSSR count). The van der Waals surface area contributed by atoms with Gasteiger partial charge in [0.15, 0.2) is 0 Å². The molecule has 226 valence electrons. The summed E-state index contributed by atoms with van der Waals surface area (Å²) in [6.45, 7) is 3.69. The van der Waals surface area contributed by atoms with Crippen LogP contribution in [-0.2, 0) is 16.6 Å². The Labute approximate surface area is 255 Å². The van der Waals surface area contributed by atoms with Crippen LogP contribution in [0, 0.1) is 0 Å². The maximum atomic E-state index is 13.9. The SMILES string of the molecule is CCCOc1ccc(S(=O)(=O)N2CC=CC=C2CCCN)cc1-c1nc2cc3ncn(Cc4ccccc4)c3cc2c(=O)[nH]1. The Kier molecular flexibility index (Phi) is 8.32. The standard InChI is InChI=1S/C33H34N6O4S/c1-2-17-43-31-14-13-25(44(41,42)39-16-7-6-11-24(39)12-8-15-34)18-27(31)32-36-28-20-29-30(19-26(28)33(40)37-32)38(22-35-29)21-23-9-4-3-5-10-23/h3-7,9-11,13-14,18-20,22H,2,8,12,15-17,21,34H2,1H3,(H,36,37,40). The Morgan fingerprint density at radius 3 is 2.70 bits per heavy atom. The number of rotatable bonds is 11. The molecule has 3 N–H and O–H groups in total. The van der Waals surface area contributed by atoms with Gasteiger partial charge < -0.3 is 20.0 Å². The number of hydrogen-bond acceptors (Lipinski definition) is 7. The van der Waals surface area contributed by atoms with Crippen LogP contribution in [0.5, 0.6) is 5.75 Å². The second kappa shape index (κ2) is 12.5. The smallest absolute Gasteiger partial charge is 0.264 e. The summed E-state index contributed by atoms with van der Waals surface area (Å²) in [6.07, 6.45) is 9.17. The van der Waals surface area contributed by atoms with E-state index >= 15 is 0 Å². The van der Waals surface area contributed by atoms with E-state index in [-0.39, 0.29) is 22.8 Å². The van der Waals surface area contributed by atoms with Crippen molar-refractivity contribution in [2.24, 2.45) is 5.73 Å². The molecule has 0 spiro atoms. The number of aromatic nitrogens is 4. The van der Waals surface area contributed by atoms with Crippen LogP contribution in [0.3, 0.4) is 0 Å². The summed E-state index contributed by atoms with van der Waals surface area (Å²) in [5.74, 6) is 0.644. The average molecular weight is 611 g/mol. The summed E-state index contributed by atoms with van der Waals surface area (Å²) < 4.78 is 37.2. The van der Waals surface area contributed by atoms with Crippen LogP contribution in [0.1, 0.15) is 31.7 Å². The number of nitrogens with one attached hydrogen (secondary N) is 1. The van der Waals surface area contributed by atoms with Crippen LogP contribution in [0.2, 0.25) is 0 Å². The molecule has 10 nitrogen and oxygen atoms in total. The molecule has 0 aliphatic carbocycles. The lowest BCUT2D eigenvalue weighted by Gasteiger charge is -2.28. The van der Waals surface area contributed by atoms with E-state index in [1.165, 1.54) is 16.4 Å². The van der Waals surface area contributed by atoms with Crippen LogP contribution in [-0.4, -0.2) is 51.9 Å². The van der Waals surface area contributed by atoms with Crippen molar-refractivity contribution in [3.05, 3.63) is 107 Å². The topological polar surface area (TPSA) is 136 Å². The molecule has 5 aromatic rings. The Bertz CT molecular complexity index is 2050. The molecule has 0 amide bonds. The van der Waals surface area contributed by atoms with Crippen LogP contribution in [0.25, 0.3) is 33.3 Å². The number of allylic oxidation sites excluding steroid dienone is 3. The lowest BCUT2D eigenvalue weighted by Crippen LogP contribution is -2.32. The molecule has 0 saturated heterocycles. The highest BCUT2D eigenvalue weighted by Gasteiger charge is 2.28. The van der Waals surface area contributed by atoms with Crippen LogP contribution in [0.15, 0.2) is 101 Å². The van der Waals surface area contributed by atoms with Crippen molar-refractivity contribution in [1.29, 1.82) is 0 Å². The van der Waals surface area contributed by atoms with Crippen LogP contribution in [0.4, 0.5) is 0 Å². The van der Waals surface area contributed by atoms with E-state index in [4.69, 9.17) is 15.5 Å². The van der Waals surface area contributed by atoms with Gasteiger partial charge in [-0.3, -0.25) is 9.10 Å². The minimum atomic E-state index is -3.93. The second-order valence-corrected chi connectivity index (χ2v) is 12.5. The second-order valence-electron chi connectivity index (χ2n) is 10.7. The zero-order valence-electron chi connectivity index (χ0n) is 24.4. The van der Waals surface area contributed by atoms with Crippen molar-refractivity contribution in [2.45, 2.75) is 37.6 Å². The molecule has 0 atom stereocenters. The average Bonchev–Trinajstić information content (AvgIpc) is 3.43. The summed E-state index contributed by atoms with van der Waals surface area (Å²) in [5, 5.41) is 0.408. The van der Waals surface area contributed by atoms with E-state index in [1.54, 1.807) is 36.7 Å². The van der Waals surface area contributed by atoms with Gasteiger partial charge in [-0.05, 0) is 67.8 Å². The first-order valence-corrected chi connectivity index (χ1v) is 16.1. The number of hydrogen-bond donors (Lipinski definition) is 2. The van der Waals surface area contributed by atoms with Crippen molar-refractivity contribution in [3.8, 4) is 17.1 Å². The van der Waals surface area contributed by atoms with Gasteiger partial charge in [-0.1, -0.05) is 49.4 Å². The molecule has 0 fully saturated rings. The predicted molar refractivity (Wildman–Crippen MR) is 172 cm³/mol. The summed E-state index contributed by atoms with van der Waals surface area (Å²) in [4.78, 5) is 25.8. The van der Waals surface area contributed by atoms with E-state index in [9.17, 15) is 13.2 Å². The fourth-order valence-corrected chi connectivity index (χ4v) is 6.83. The molecule has 0 bridgehead atoms. The molecule has 3 aromatic carbocycles. The lowest BCUT2D eigenvalue weighted by atomic mass is 10.1. The molecule has 0 unspecified atom stereocenters. The fraction of sp³-hybridized carbons (Fsp3) is 0.242. The van der Waals surface area contributed by atoms with E-state index in [0.717, 1.165) is 17.5 Å². The zero-order valence-corrected chi connectivity index (χ0v) is 25.3. The number of nitrogens with zero attached hydrogens (tertiary/aromatic N) is 4. The number of benzene rings is 3. The summed E-state index contributed by atoms with van der Waals surface area (Å²) in [7, 11) is -3.93. The molecule has 2 aromatic heterocycles. The minimum absolute atomic E-state index is 0.0724. The molecule has 3 heterocycles. The molecule has 0 radical (unpaired) electrons. The largest absolute Gasteiger partial charge is 0.493 e. The first-order valence-electron chi connectivity index (χ1n) is 14.7. The van der Waals surface area contributed by atoms with Gasteiger partial charge in [-0.2, -0.15) is 0 Å². The van der Waals surface area contributed by atoms with E-state index in [2.05, 4.69) is 9.97 Å². The first-order chi connectivity index (χ1) is 21.4. The molecule has 1 aliphatic heterocycles. The number of aromatic amines is 1. The van der Waals surface area contributed by atoms with Crippen LogP contribution >= 0.6 is 0 Å². The Balaban J connectivity index is 1.42. The highest BCUT2D eigenvalue weighted by Crippen LogP contribution is 2.34. The maximum Gasteiger partial charge on any atom is 0.264 e. The van der Waals surface area contributed by atoms with Gasteiger partial charge >= 0.3 is 0 Å². The van der Waals surface area contributed by atoms with Gasteiger partial charge in [0, 0.05) is 12.2 Å². The van der Waals surface area contributed by atoms with Gasteiger partial charge in [-0.25, -0.2) is 18.4 Å². The zero-order chi connectivity index (χ0) is 30.7. The molecule has 0 saturated carbocycles. The monoisotopic (exact) mass is 610 g/mol. The Morgan fingerprint density at radius 2 is 1.91 bits per heavy atom. The molecular weight excluding hydrogens is 576 g/mol.